The molecule has 0 saturated carbocycles. The quantitative estimate of drug-likeness (QED) is 0.0983. The molecule has 0 aliphatic heterocycles. The average molecular weight is 630 g/mol. The molecule has 1 atom stereocenters. The number of halogens is 1. The topological polar surface area (TPSA) is 105 Å². The maximum Gasteiger partial charge on any atom is 0.347 e. The molecule has 0 fully saturated rings. The number of para-hydroxylation sites is 1. The molecule has 0 aliphatic carbocycles. The maximum absolute atomic E-state index is 13.7. The van der Waals surface area contributed by atoms with Gasteiger partial charge in [-0.3, -0.25) is 4.79 Å². The number of furan rings is 1. The van der Waals surface area contributed by atoms with E-state index in [1.807, 2.05) is 36.4 Å². The second-order valence-corrected chi connectivity index (χ2v) is 10.2. The number of rotatable bonds is 10. The lowest BCUT2D eigenvalue weighted by Gasteiger charge is -2.19. The highest BCUT2D eigenvalue weighted by molar-refractivity contribution is 9.10. The molecule has 0 radical (unpaired) electrons. The van der Waals surface area contributed by atoms with Crippen molar-refractivity contribution in [3.8, 4) is 23.1 Å². The first-order valence-corrected chi connectivity index (χ1v) is 14.0. The number of esters is 1. The standard InChI is InChI=1S/C32H28BrN3O6/c1-5-9-21-14-20(15-27(39-4)29(21)41-19(3)32(38)40-6-2)18-34-36-30(35-25-11-8-7-10-24(25)31(36)37)28-17-22-16-23(33)12-13-26(22)42-28/h5,7-8,10-19H,1,6,9H2,2-4H3/t19-/m0/s1. The first-order chi connectivity index (χ1) is 20.3. The summed E-state index contributed by atoms with van der Waals surface area (Å²) in [4.78, 5) is 30.6. The lowest BCUT2D eigenvalue weighted by Crippen LogP contribution is -2.26. The summed E-state index contributed by atoms with van der Waals surface area (Å²) in [5.41, 5.74) is 2.17. The van der Waals surface area contributed by atoms with Gasteiger partial charge in [-0.05, 0) is 74.4 Å². The highest BCUT2D eigenvalue weighted by atomic mass is 79.9. The van der Waals surface area contributed by atoms with Crippen LogP contribution < -0.4 is 15.0 Å². The molecule has 214 valence electrons. The van der Waals surface area contributed by atoms with E-state index in [9.17, 15) is 9.59 Å². The molecule has 0 spiro atoms. The maximum atomic E-state index is 13.7. The Bertz CT molecular complexity index is 1890. The second-order valence-electron chi connectivity index (χ2n) is 9.32. The fourth-order valence-electron chi connectivity index (χ4n) is 4.47. The smallest absolute Gasteiger partial charge is 0.347 e. The van der Waals surface area contributed by atoms with Crippen molar-refractivity contribution in [2.75, 3.05) is 13.7 Å². The number of benzene rings is 3. The van der Waals surface area contributed by atoms with E-state index in [0.717, 1.165) is 9.86 Å². The minimum Gasteiger partial charge on any atom is -0.493 e. The van der Waals surface area contributed by atoms with Gasteiger partial charge in [0.2, 0.25) is 5.82 Å². The normalized spacial score (nSPS) is 12.1. The number of carbonyl (C=O) groups is 1. The molecule has 10 heteroatoms. The molecule has 2 heterocycles. The Kier molecular flexibility index (Phi) is 8.53. The molecular weight excluding hydrogens is 602 g/mol. The monoisotopic (exact) mass is 629 g/mol. The van der Waals surface area contributed by atoms with E-state index in [1.54, 1.807) is 44.2 Å². The van der Waals surface area contributed by atoms with Gasteiger partial charge in [-0.25, -0.2) is 9.78 Å². The first-order valence-electron chi connectivity index (χ1n) is 13.2. The Balaban J connectivity index is 1.61. The van der Waals surface area contributed by atoms with Crippen molar-refractivity contribution in [2.45, 2.75) is 26.4 Å². The molecule has 5 aromatic rings. The number of allylic oxidation sites excluding steroid dienone is 1. The van der Waals surface area contributed by atoms with Crippen LogP contribution in [0.15, 0.2) is 92.1 Å². The van der Waals surface area contributed by atoms with Crippen LogP contribution in [0.25, 0.3) is 33.5 Å². The molecule has 0 unspecified atom stereocenters. The Morgan fingerprint density at radius 2 is 2.00 bits per heavy atom. The molecule has 0 bridgehead atoms. The third-order valence-electron chi connectivity index (χ3n) is 6.43. The van der Waals surface area contributed by atoms with E-state index >= 15 is 0 Å². The summed E-state index contributed by atoms with van der Waals surface area (Å²) in [5, 5.41) is 5.83. The van der Waals surface area contributed by atoms with Crippen LogP contribution in [0.1, 0.15) is 25.0 Å². The van der Waals surface area contributed by atoms with E-state index in [2.05, 4.69) is 27.6 Å². The van der Waals surface area contributed by atoms with Crippen LogP contribution in [-0.4, -0.2) is 41.7 Å². The number of methoxy groups -OCH3 is 1. The lowest BCUT2D eigenvalue weighted by atomic mass is 10.1. The zero-order valence-corrected chi connectivity index (χ0v) is 24.9. The number of hydrogen-bond donors (Lipinski definition) is 0. The van der Waals surface area contributed by atoms with Crippen LogP contribution in [0, 0.1) is 0 Å². The third-order valence-corrected chi connectivity index (χ3v) is 6.92. The predicted octanol–water partition coefficient (Wildman–Crippen LogP) is 6.52. The summed E-state index contributed by atoms with van der Waals surface area (Å²) in [6.45, 7) is 7.43. The number of ether oxygens (including phenoxy) is 3. The average Bonchev–Trinajstić information content (AvgIpc) is 3.41. The molecule has 0 amide bonds. The van der Waals surface area contributed by atoms with Crippen LogP contribution in [0.2, 0.25) is 0 Å². The van der Waals surface area contributed by atoms with E-state index in [4.69, 9.17) is 23.6 Å². The number of fused-ring (bicyclic) bond motifs is 2. The minimum atomic E-state index is -0.851. The van der Waals surface area contributed by atoms with Crippen LogP contribution >= 0.6 is 15.9 Å². The van der Waals surface area contributed by atoms with Crippen molar-refractivity contribution in [3.05, 3.63) is 99.3 Å². The van der Waals surface area contributed by atoms with Crippen LogP contribution in [0.5, 0.6) is 11.5 Å². The zero-order chi connectivity index (χ0) is 29.8. The van der Waals surface area contributed by atoms with Gasteiger partial charge in [0, 0.05) is 15.4 Å². The Morgan fingerprint density at radius 3 is 2.76 bits per heavy atom. The molecule has 5 rings (SSSR count). The van der Waals surface area contributed by atoms with Crippen molar-refractivity contribution in [1.29, 1.82) is 0 Å². The molecule has 9 nitrogen and oxygen atoms in total. The molecule has 3 aromatic carbocycles. The van der Waals surface area contributed by atoms with Gasteiger partial charge in [0.1, 0.15) is 5.58 Å². The predicted molar refractivity (Wildman–Crippen MR) is 166 cm³/mol. The van der Waals surface area contributed by atoms with Crippen molar-refractivity contribution in [2.24, 2.45) is 5.10 Å². The van der Waals surface area contributed by atoms with Crippen LogP contribution in [0.4, 0.5) is 0 Å². The fourth-order valence-corrected chi connectivity index (χ4v) is 4.85. The Labute approximate surface area is 250 Å². The molecule has 0 N–H and O–H groups in total. The Hall–Kier alpha value is -4.70. The van der Waals surface area contributed by atoms with Gasteiger partial charge in [0.15, 0.2) is 23.4 Å². The third kappa shape index (κ3) is 5.84. The molecule has 42 heavy (non-hydrogen) atoms. The molecular formula is C32H28BrN3O6. The van der Waals surface area contributed by atoms with Crippen molar-refractivity contribution < 1.29 is 23.4 Å². The van der Waals surface area contributed by atoms with Crippen molar-refractivity contribution in [1.82, 2.24) is 9.66 Å². The van der Waals surface area contributed by atoms with E-state index in [-0.39, 0.29) is 18.0 Å². The Morgan fingerprint density at radius 1 is 1.19 bits per heavy atom. The van der Waals surface area contributed by atoms with Gasteiger partial charge < -0.3 is 18.6 Å². The summed E-state index contributed by atoms with van der Waals surface area (Å²) in [5.74, 6) is 0.949. The van der Waals surface area contributed by atoms with E-state index < -0.39 is 12.1 Å². The van der Waals surface area contributed by atoms with Gasteiger partial charge in [-0.2, -0.15) is 9.78 Å². The summed E-state index contributed by atoms with van der Waals surface area (Å²) in [6.07, 6.45) is 2.83. The van der Waals surface area contributed by atoms with Gasteiger partial charge in [0.25, 0.3) is 5.56 Å². The molecule has 2 aromatic heterocycles. The van der Waals surface area contributed by atoms with Gasteiger partial charge in [-0.1, -0.05) is 34.1 Å². The van der Waals surface area contributed by atoms with E-state index in [1.165, 1.54) is 18.0 Å². The van der Waals surface area contributed by atoms with Gasteiger partial charge >= 0.3 is 5.97 Å². The number of nitrogens with zero attached hydrogens (tertiary/aromatic N) is 3. The highest BCUT2D eigenvalue weighted by Gasteiger charge is 2.21. The number of aromatic nitrogens is 2. The number of hydrogen-bond acceptors (Lipinski definition) is 8. The first kappa shape index (κ1) is 28.8. The highest BCUT2D eigenvalue weighted by Crippen LogP contribution is 2.34. The van der Waals surface area contributed by atoms with Crippen LogP contribution in [0.3, 0.4) is 0 Å². The summed E-state index contributed by atoms with van der Waals surface area (Å²) in [7, 11) is 1.51. The van der Waals surface area contributed by atoms with E-state index in [0.29, 0.717) is 51.3 Å². The summed E-state index contributed by atoms with van der Waals surface area (Å²) < 4.78 is 24.9. The largest absolute Gasteiger partial charge is 0.493 e. The minimum absolute atomic E-state index is 0.245. The van der Waals surface area contributed by atoms with Crippen LogP contribution in [-0.2, 0) is 16.0 Å². The van der Waals surface area contributed by atoms with Crippen molar-refractivity contribution >= 4 is 50.0 Å². The summed E-state index contributed by atoms with van der Waals surface area (Å²) in [6, 6.07) is 18.1. The fraction of sp³-hybridized carbons (Fsp3) is 0.188. The van der Waals surface area contributed by atoms with Gasteiger partial charge in [-0.15, -0.1) is 6.58 Å². The molecule has 0 saturated heterocycles. The number of carbonyl (C=O) groups excluding carboxylic acids is 1. The summed E-state index contributed by atoms with van der Waals surface area (Å²) >= 11 is 3.48. The lowest BCUT2D eigenvalue weighted by molar-refractivity contribution is -0.150. The van der Waals surface area contributed by atoms with Crippen molar-refractivity contribution in [3.63, 3.8) is 0 Å². The zero-order valence-electron chi connectivity index (χ0n) is 23.3. The van der Waals surface area contributed by atoms with Gasteiger partial charge in [0.05, 0.1) is 30.8 Å². The second kappa shape index (κ2) is 12.4. The SMILES string of the molecule is C=CCc1cc(C=Nn2c(-c3cc4cc(Br)ccc4o3)nc3ccccc3c2=O)cc(OC)c1O[C@@H](C)C(=O)OCC. The molecule has 0 aliphatic rings.